The normalized spacial score (nSPS) is 13.4. The van der Waals surface area contributed by atoms with Crippen molar-refractivity contribution in [3.8, 4) is 0 Å². The molecule has 2 aromatic rings. The zero-order valence-corrected chi connectivity index (χ0v) is 12.3. The quantitative estimate of drug-likeness (QED) is 0.636. The van der Waals surface area contributed by atoms with Crippen molar-refractivity contribution in [2.24, 2.45) is 4.99 Å². The molecule has 2 aromatic heterocycles. The van der Waals surface area contributed by atoms with Gasteiger partial charge < -0.3 is 10.6 Å². The molecule has 108 valence electrons. The van der Waals surface area contributed by atoms with Crippen molar-refractivity contribution in [1.82, 2.24) is 25.2 Å². The molecule has 0 aliphatic carbocycles. The van der Waals surface area contributed by atoms with Crippen LogP contribution in [0.2, 0.25) is 0 Å². The molecule has 0 bridgehead atoms. The highest BCUT2D eigenvalue weighted by molar-refractivity contribution is 5.79. The molecular weight excluding hydrogens is 252 g/mol. The lowest BCUT2D eigenvalue weighted by Crippen LogP contribution is -2.42. The monoisotopic (exact) mass is 274 g/mol. The van der Waals surface area contributed by atoms with Gasteiger partial charge in [0.15, 0.2) is 11.6 Å². The molecular formula is C14H22N6. The Kier molecular flexibility index (Phi) is 4.92. The molecule has 2 heterocycles. The summed E-state index contributed by atoms with van der Waals surface area (Å²) in [7, 11) is 1.78. The number of pyridine rings is 1. The second kappa shape index (κ2) is 6.88. The van der Waals surface area contributed by atoms with Gasteiger partial charge in [-0.05, 0) is 25.5 Å². The SMILES string of the molecule is CCC(C)NC(=NC)NCCc1nnc2ccccn12. The molecule has 20 heavy (non-hydrogen) atoms. The van der Waals surface area contributed by atoms with Gasteiger partial charge in [-0.15, -0.1) is 10.2 Å². The van der Waals surface area contributed by atoms with Crippen LogP contribution < -0.4 is 10.6 Å². The van der Waals surface area contributed by atoms with Crippen LogP contribution in [-0.4, -0.2) is 40.2 Å². The van der Waals surface area contributed by atoms with Crippen molar-refractivity contribution < 1.29 is 0 Å². The molecule has 0 fully saturated rings. The Morgan fingerprint density at radius 1 is 1.40 bits per heavy atom. The summed E-state index contributed by atoms with van der Waals surface area (Å²) in [5.74, 6) is 1.78. The Bertz CT molecular complexity index is 574. The Morgan fingerprint density at radius 2 is 2.25 bits per heavy atom. The molecule has 2 N–H and O–H groups in total. The van der Waals surface area contributed by atoms with E-state index < -0.39 is 0 Å². The van der Waals surface area contributed by atoms with Crippen molar-refractivity contribution >= 4 is 11.6 Å². The second-order valence-electron chi connectivity index (χ2n) is 4.75. The molecule has 0 saturated carbocycles. The summed E-state index contributed by atoms with van der Waals surface area (Å²) in [5, 5.41) is 15.0. The lowest BCUT2D eigenvalue weighted by molar-refractivity contribution is 0.622. The largest absolute Gasteiger partial charge is 0.356 e. The predicted molar refractivity (Wildman–Crippen MR) is 80.9 cm³/mol. The van der Waals surface area contributed by atoms with Gasteiger partial charge in [-0.25, -0.2) is 0 Å². The highest BCUT2D eigenvalue weighted by atomic mass is 15.2. The zero-order valence-electron chi connectivity index (χ0n) is 12.3. The Labute approximate surface area is 119 Å². The van der Waals surface area contributed by atoms with Crippen molar-refractivity contribution in [2.75, 3.05) is 13.6 Å². The van der Waals surface area contributed by atoms with Gasteiger partial charge in [0.25, 0.3) is 0 Å². The molecule has 0 aliphatic heterocycles. The van der Waals surface area contributed by atoms with E-state index in [4.69, 9.17) is 0 Å². The lowest BCUT2D eigenvalue weighted by Gasteiger charge is -2.16. The summed E-state index contributed by atoms with van der Waals surface area (Å²) in [5.41, 5.74) is 0.879. The molecule has 6 heteroatoms. The van der Waals surface area contributed by atoms with Crippen LogP contribution in [0.5, 0.6) is 0 Å². The van der Waals surface area contributed by atoms with Crippen molar-refractivity contribution in [2.45, 2.75) is 32.7 Å². The van der Waals surface area contributed by atoms with E-state index in [2.05, 4.69) is 39.7 Å². The minimum absolute atomic E-state index is 0.412. The first-order valence-electron chi connectivity index (χ1n) is 7.00. The molecule has 0 aliphatic rings. The minimum atomic E-state index is 0.412. The Morgan fingerprint density at radius 3 is 3.00 bits per heavy atom. The highest BCUT2D eigenvalue weighted by Gasteiger charge is 2.06. The fourth-order valence-corrected chi connectivity index (χ4v) is 1.88. The summed E-state index contributed by atoms with van der Waals surface area (Å²) in [6, 6.07) is 6.31. The van der Waals surface area contributed by atoms with E-state index in [0.717, 1.165) is 36.8 Å². The van der Waals surface area contributed by atoms with E-state index in [-0.39, 0.29) is 0 Å². The van der Waals surface area contributed by atoms with Crippen LogP contribution in [0, 0.1) is 0 Å². The topological polar surface area (TPSA) is 66.6 Å². The fourth-order valence-electron chi connectivity index (χ4n) is 1.88. The van der Waals surface area contributed by atoms with Crippen LogP contribution in [0.4, 0.5) is 0 Å². The van der Waals surface area contributed by atoms with Crippen molar-refractivity contribution in [3.63, 3.8) is 0 Å². The number of fused-ring (bicyclic) bond motifs is 1. The van der Waals surface area contributed by atoms with Gasteiger partial charge in [-0.1, -0.05) is 13.0 Å². The first-order chi connectivity index (χ1) is 9.74. The van der Waals surface area contributed by atoms with Gasteiger partial charge in [0.1, 0.15) is 5.82 Å². The summed E-state index contributed by atoms with van der Waals surface area (Å²) in [4.78, 5) is 4.21. The van der Waals surface area contributed by atoms with Crippen LogP contribution in [0.1, 0.15) is 26.1 Å². The number of rotatable bonds is 5. The third-order valence-electron chi connectivity index (χ3n) is 3.24. The van der Waals surface area contributed by atoms with Crippen molar-refractivity contribution in [1.29, 1.82) is 0 Å². The predicted octanol–water partition coefficient (Wildman–Crippen LogP) is 1.24. The molecule has 2 rings (SSSR count). The van der Waals surface area contributed by atoms with E-state index in [0.29, 0.717) is 6.04 Å². The maximum atomic E-state index is 4.21. The summed E-state index contributed by atoms with van der Waals surface area (Å²) in [6.07, 6.45) is 3.85. The Balaban J connectivity index is 1.89. The zero-order chi connectivity index (χ0) is 14.4. The standard InChI is InChI=1S/C14H22N6/c1-4-11(2)17-14(15-3)16-9-8-13-19-18-12-7-5-6-10-20(12)13/h5-7,10-11H,4,8-9H2,1-3H3,(H2,15,16,17). The molecule has 0 amide bonds. The third-order valence-corrected chi connectivity index (χ3v) is 3.24. The van der Waals surface area contributed by atoms with Gasteiger partial charge in [-0.2, -0.15) is 0 Å². The summed E-state index contributed by atoms with van der Waals surface area (Å²) >= 11 is 0. The van der Waals surface area contributed by atoms with Crippen LogP contribution in [-0.2, 0) is 6.42 Å². The number of hydrogen-bond acceptors (Lipinski definition) is 3. The number of hydrogen-bond donors (Lipinski definition) is 2. The summed E-state index contributed by atoms with van der Waals surface area (Å²) in [6.45, 7) is 5.05. The molecule has 0 radical (unpaired) electrons. The first kappa shape index (κ1) is 14.3. The molecule has 0 aromatic carbocycles. The van der Waals surface area contributed by atoms with E-state index >= 15 is 0 Å². The van der Waals surface area contributed by atoms with E-state index in [1.807, 2.05) is 28.8 Å². The van der Waals surface area contributed by atoms with Crippen molar-refractivity contribution in [3.05, 3.63) is 30.2 Å². The van der Waals surface area contributed by atoms with Crippen LogP contribution in [0.25, 0.3) is 5.65 Å². The fraction of sp³-hybridized carbons (Fsp3) is 0.500. The van der Waals surface area contributed by atoms with Gasteiger partial charge in [0, 0.05) is 32.3 Å². The van der Waals surface area contributed by atoms with E-state index in [9.17, 15) is 0 Å². The van der Waals surface area contributed by atoms with Gasteiger partial charge in [0.05, 0.1) is 0 Å². The minimum Gasteiger partial charge on any atom is -0.356 e. The van der Waals surface area contributed by atoms with Crippen LogP contribution >= 0.6 is 0 Å². The maximum absolute atomic E-state index is 4.21. The molecule has 1 atom stereocenters. The lowest BCUT2D eigenvalue weighted by atomic mass is 10.3. The smallest absolute Gasteiger partial charge is 0.191 e. The number of aliphatic imine (C=N–C) groups is 1. The maximum Gasteiger partial charge on any atom is 0.191 e. The summed E-state index contributed by atoms with van der Waals surface area (Å²) < 4.78 is 2.01. The number of nitrogens with zero attached hydrogens (tertiary/aromatic N) is 4. The number of nitrogens with one attached hydrogen (secondary N) is 2. The van der Waals surface area contributed by atoms with E-state index in [1.54, 1.807) is 7.05 Å². The molecule has 0 spiro atoms. The molecule has 0 saturated heterocycles. The number of aromatic nitrogens is 3. The van der Waals surface area contributed by atoms with Gasteiger partial charge >= 0.3 is 0 Å². The first-order valence-corrected chi connectivity index (χ1v) is 7.00. The van der Waals surface area contributed by atoms with E-state index in [1.165, 1.54) is 0 Å². The highest BCUT2D eigenvalue weighted by Crippen LogP contribution is 2.02. The Hall–Kier alpha value is -2.11. The average molecular weight is 274 g/mol. The van der Waals surface area contributed by atoms with Crippen LogP contribution in [0.15, 0.2) is 29.4 Å². The average Bonchev–Trinajstić information content (AvgIpc) is 2.89. The van der Waals surface area contributed by atoms with Gasteiger partial charge in [0.2, 0.25) is 0 Å². The number of guanidine groups is 1. The molecule has 6 nitrogen and oxygen atoms in total. The van der Waals surface area contributed by atoms with Gasteiger partial charge in [-0.3, -0.25) is 9.39 Å². The van der Waals surface area contributed by atoms with Crippen LogP contribution in [0.3, 0.4) is 0 Å². The molecule has 1 unspecified atom stereocenters. The third kappa shape index (κ3) is 3.46. The second-order valence-corrected chi connectivity index (χ2v) is 4.75.